The van der Waals surface area contributed by atoms with Crippen LogP contribution in [0.1, 0.15) is 58.7 Å². The van der Waals surface area contributed by atoms with Crippen molar-refractivity contribution in [1.82, 2.24) is 20.1 Å². The molecule has 0 amide bonds. The van der Waals surface area contributed by atoms with Gasteiger partial charge in [0, 0.05) is 26.1 Å². The largest absolute Gasteiger partial charge is 0.321 e. The molecule has 0 spiro atoms. The molecule has 2 rings (SSSR count). The fourth-order valence-corrected chi connectivity index (χ4v) is 3.29. The van der Waals surface area contributed by atoms with E-state index in [1.54, 1.807) is 6.33 Å². The highest BCUT2D eigenvalue weighted by atomic mass is 15.2. The van der Waals surface area contributed by atoms with Crippen molar-refractivity contribution in [2.75, 3.05) is 6.54 Å². The Kier molecular flexibility index (Phi) is 5.19. The molecule has 0 aromatic carbocycles. The van der Waals surface area contributed by atoms with E-state index in [2.05, 4.69) is 36.3 Å². The fraction of sp³-hybridized carbons (Fsp3) is 0.875. The number of hydrogen-bond acceptors (Lipinski definition) is 3. The number of aryl methyl sites for hydroxylation is 1. The molecule has 2 unspecified atom stereocenters. The molecule has 0 aliphatic heterocycles. The van der Waals surface area contributed by atoms with E-state index >= 15 is 0 Å². The summed E-state index contributed by atoms with van der Waals surface area (Å²) in [5.74, 6) is 1.95. The summed E-state index contributed by atoms with van der Waals surface area (Å²) in [6.45, 7) is 8.18. The minimum atomic E-state index is 0.466. The van der Waals surface area contributed by atoms with Crippen molar-refractivity contribution in [2.24, 2.45) is 18.4 Å². The minimum Gasteiger partial charge on any atom is -0.321 e. The van der Waals surface area contributed by atoms with Crippen molar-refractivity contribution in [3.63, 3.8) is 0 Å². The highest BCUT2D eigenvalue weighted by molar-refractivity contribution is 4.86. The monoisotopic (exact) mass is 278 g/mol. The van der Waals surface area contributed by atoms with E-state index in [1.807, 2.05) is 11.6 Å². The standard InChI is InChI=1S/C16H30N4/c1-16(2,3)13-6-5-7-14(9-8-13)17-11-10-15-19-18-12-20(15)4/h12-14,17H,5-11H2,1-4H3. The Hall–Kier alpha value is -0.900. The zero-order valence-corrected chi connectivity index (χ0v) is 13.5. The molecular weight excluding hydrogens is 248 g/mol. The van der Waals surface area contributed by atoms with Crippen LogP contribution in [-0.2, 0) is 13.5 Å². The van der Waals surface area contributed by atoms with Gasteiger partial charge in [-0.25, -0.2) is 0 Å². The van der Waals surface area contributed by atoms with Crippen LogP contribution < -0.4 is 5.32 Å². The number of rotatable bonds is 4. The Morgan fingerprint density at radius 1 is 1.25 bits per heavy atom. The lowest BCUT2D eigenvalue weighted by atomic mass is 9.76. The Balaban J connectivity index is 1.73. The number of hydrogen-bond donors (Lipinski definition) is 1. The molecule has 1 aliphatic rings. The second-order valence-electron chi connectivity index (χ2n) is 7.33. The van der Waals surface area contributed by atoms with Crippen LogP contribution in [0, 0.1) is 11.3 Å². The summed E-state index contributed by atoms with van der Waals surface area (Å²) in [6.07, 6.45) is 9.51. The maximum absolute atomic E-state index is 4.13. The van der Waals surface area contributed by atoms with Gasteiger partial charge < -0.3 is 9.88 Å². The van der Waals surface area contributed by atoms with Gasteiger partial charge in [-0.15, -0.1) is 10.2 Å². The van der Waals surface area contributed by atoms with Gasteiger partial charge in [-0.3, -0.25) is 0 Å². The zero-order valence-electron chi connectivity index (χ0n) is 13.5. The van der Waals surface area contributed by atoms with Crippen LogP contribution in [0.25, 0.3) is 0 Å². The lowest BCUT2D eigenvalue weighted by Crippen LogP contribution is -2.31. The summed E-state index contributed by atoms with van der Waals surface area (Å²) in [5.41, 5.74) is 0.466. The molecule has 1 N–H and O–H groups in total. The Morgan fingerprint density at radius 2 is 2.05 bits per heavy atom. The molecule has 4 nitrogen and oxygen atoms in total. The van der Waals surface area contributed by atoms with Crippen LogP contribution in [0.5, 0.6) is 0 Å². The first kappa shape index (κ1) is 15.5. The van der Waals surface area contributed by atoms with Gasteiger partial charge in [-0.1, -0.05) is 27.2 Å². The van der Waals surface area contributed by atoms with Gasteiger partial charge in [0.05, 0.1) is 0 Å². The topological polar surface area (TPSA) is 42.7 Å². The van der Waals surface area contributed by atoms with Crippen LogP contribution >= 0.6 is 0 Å². The second kappa shape index (κ2) is 6.70. The van der Waals surface area contributed by atoms with Crippen LogP contribution in [0.3, 0.4) is 0 Å². The van der Waals surface area contributed by atoms with Gasteiger partial charge >= 0.3 is 0 Å². The summed E-state index contributed by atoms with van der Waals surface area (Å²) in [5, 5.41) is 11.8. The molecule has 114 valence electrons. The van der Waals surface area contributed by atoms with Crippen molar-refractivity contribution in [3.05, 3.63) is 12.2 Å². The first-order valence-electron chi connectivity index (χ1n) is 8.03. The fourth-order valence-electron chi connectivity index (χ4n) is 3.29. The predicted molar refractivity (Wildman–Crippen MR) is 82.5 cm³/mol. The van der Waals surface area contributed by atoms with Gasteiger partial charge in [0.1, 0.15) is 12.2 Å². The van der Waals surface area contributed by atoms with Gasteiger partial charge in [0.2, 0.25) is 0 Å². The molecule has 1 aromatic heterocycles. The van der Waals surface area contributed by atoms with Gasteiger partial charge in [-0.05, 0) is 37.0 Å². The Labute approximate surface area is 123 Å². The highest BCUT2D eigenvalue weighted by Gasteiger charge is 2.27. The molecule has 0 saturated heterocycles. The smallest absolute Gasteiger partial charge is 0.133 e. The van der Waals surface area contributed by atoms with E-state index < -0.39 is 0 Å². The van der Waals surface area contributed by atoms with Gasteiger partial charge in [-0.2, -0.15) is 0 Å². The van der Waals surface area contributed by atoms with Crippen molar-refractivity contribution in [3.8, 4) is 0 Å². The molecule has 1 saturated carbocycles. The second-order valence-corrected chi connectivity index (χ2v) is 7.33. The summed E-state index contributed by atoms with van der Waals surface area (Å²) in [7, 11) is 2.01. The Morgan fingerprint density at radius 3 is 2.70 bits per heavy atom. The SMILES string of the molecule is Cn1cnnc1CCNC1CCCC(C(C)(C)C)CC1. The van der Waals surface area contributed by atoms with Gasteiger partial charge in [0.15, 0.2) is 0 Å². The average Bonchev–Trinajstić information content (AvgIpc) is 2.64. The highest BCUT2D eigenvalue weighted by Crippen LogP contribution is 2.36. The summed E-state index contributed by atoms with van der Waals surface area (Å²) in [6, 6.07) is 0.690. The van der Waals surface area contributed by atoms with Crippen molar-refractivity contribution in [1.29, 1.82) is 0 Å². The first-order chi connectivity index (χ1) is 9.47. The van der Waals surface area contributed by atoms with Crippen LogP contribution in [0.4, 0.5) is 0 Å². The van der Waals surface area contributed by atoms with E-state index in [0.29, 0.717) is 11.5 Å². The van der Waals surface area contributed by atoms with Crippen molar-refractivity contribution in [2.45, 2.75) is 65.3 Å². The van der Waals surface area contributed by atoms with Crippen LogP contribution in [0.15, 0.2) is 6.33 Å². The molecule has 1 fully saturated rings. The lowest BCUT2D eigenvalue weighted by molar-refractivity contribution is 0.213. The first-order valence-corrected chi connectivity index (χ1v) is 8.03. The molecule has 2 atom stereocenters. The maximum Gasteiger partial charge on any atom is 0.133 e. The zero-order chi connectivity index (χ0) is 14.6. The summed E-state index contributed by atoms with van der Waals surface area (Å²) < 4.78 is 2.00. The molecular formula is C16H30N4. The van der Waals surface area contributed by atoms with Gasteiger partial charge in [0.25, 0.3) is 0 Å². The van der Waals surface area contributed by atoms with E-state index in [0.717, 1.165) is 24.7 Å². The van der Waals surface area contributed by atoms with Crippen molar-refractivity contribution >= 4 is 0 Å². The predicted octanol–water partition coefficient (Wildman–Crippen LogP) is 2.94. The Bertz CT molecular complexity index is 405. The number of nitrogens with zero attached hydrogens (tertiary/aromatic N) is 3. The molecule has 0 radical (unpaired) electrons. The van der Waals surface area contributed by atoms with E-state index in [9.17, 15) is 0 Å². The average molecular weight is 278 g/mol. The van der Waals surface area contributed by atoms with Crippen LogP contribution in [0.2, 0.25) is 0 Å². The lowest BCUT2D eigenvalue weighted by Gasteiger charge is -2.29. The third-order valence-electron chi connectivity index (χ3n) is 4.78. The summed E-state index contributed by atoms with van der Waals surface area (Å²) in [4.78, 5) is 0. The molecule has 1 aromatic rings. The molecule has 1 aliphatic carbocycles. The summed E-state index contributed by atoms with van der Waals surface area (Å²) >= 11 is 0. The third-order valence-corrected chi connectivity index (χ3v) is 4.78. The van der Waals surface area contributed by atoms with Crippen molar-refractivity contribution < 1.29 is 0 Å². The number of aromatic nitrogens is 3. The third kappa shape index (κ3) is 4.30. The molecule has 0 bridgehead atoms. The number of nitrogens with one attached hydrogen (secondary N) is 1. The quantitative estimate of drug-likeness (QED) is 0.861. The normalized spacial score (nSPS) is 24.6. The van der Waals surface area contributed by atoms with Crippen LogP contribution in [-0.4, -0.2) is 27.4 Å². The minimum absolute atomic E-state index is 0.466. The van der Waals surface area contributed by atoms with E-state index in [1.165, 1.54) is 32.1 Å². The molecule has 1 heterocycles. The molecule has 4 heteroatoms. The van der Waals surface area contributed by atoms with E-state index in [-0.39, 0.29) is 0 Å². The van der Waals surface area contributed by atoms with E-state index in [4.69, 9.17) is 0 Å². The molecule has 20 heavy (non-hydrogen) atoms. The maximum atomic E-state index is 4.13.